The van der Waals surface area contributed by atoms with Crippen molar-refractivity contribution < 1.29 is 13.2 Å². The highest BCUT2D eigenvalue weighted by atomic mass is 32.2. The minimum absolute atomic E-state index is 0.0270. The zero-order chi connectivity index (χ0) is 14.6. The van der Waals surface area contributed by atoms with E-state index in [1.54, 1.807) is 0 Å². The minimum Gasteiger partial charge on any atom is -0.373 e. The molecule has 0 aliphatic carbocycles. The van der Waals surface area contributed by atoms with E-state index in [9.17, 15) is 8.42 Å². The minimum atomic E-state index is -3.39. The van der Waals surface area contributed by atoms with E-state index in [2.05, 4.69) is 18.6 Å². The molecule has 1 heterocycles. The molecule has 1 rings (SSSR count). The van der Waals surface area contributed by atoms with Crippen molar-refractivity contribution in [2.45, 2.75) is 65.7 Å². The van der Waals surface area contributed by atoms with Crippen molar-refractivity contribution in [3.05, 3.63) is 0 Å². The van der Waals surface area contributed by atoms with E-state index in [-0.39, 0.29) is 18.2 Å². The van der Waals surface area contributed by atoms with Gasteiger partial charge in [-0.05, 0) is 39.5 Å². The lowest BCUT2D eigenvalue weighted by atomic mass is 10.1. The van der Waals surface area contributed by atoms with E-state index in [0.29, 0.717) is 19.0 Å². The number of hydrogen-bond donors (Lipinski definition) is 1. The van der Waals surface area contributed by atoms with Crippen molar-refractivity contribution in [1.29, 1.82) is 0 Å². The van der Waals surface area contributed by atoms with Crippen molar-refractivity contribution in [3.8, 4) is 0 Å². The van der Waals surface area contributed by atoms with Crippen molar-refractivity contribution in [2.75, 3.05) is 13.1 Å². The van der Waals surface area contributed by atoms with Crippen LogP contribution in [0.5, 0.6) is 0 Å². The summed E-state index contributed by atoms with van der Waals surface area (Å²) in [6.45, 7) is 10.9. The van der Waals surface area contributed by atoms with Crippen molar-refractivity contribution >= 4 is 10.2 Å². The maximum Gasteiger partial charge on any atom is 0.279 e. The summed E-state index contributed by atoms with van der Waals surface area (Å²) < 4.78 is 34.4. The first-order valence-electron chi connectivity index (χ1n) is 7.13. The molecular formula is C13H28N2O3S. The topological polar surface area (TPSA) is 58.6 Å². The van der Waals surface area contributed by atoms with Crippen LogP contribution in [0.1, 0.15) is 47.5 Å². The van der Waals surface area contributed by atoms with E-state index in [4.69, 9.17) is 4.74 Å². The zero-order valence-electron chi connectivity index (χ0n) is 12.7. The number of hydrogen-bond acceptors (Lipinski definition) is 3. The van der Waals surface area contributed by atoms with Crippen molar-refractivity contribution in [3.63, 3.8) is 0 Å². The van der Waals surface area contributed by atoms with Gasteiger partial charge in [-0.1, -0.05) is 13.8 Å². The largest absolute Gasteiger partial charge is 0.373 e. The van der Waals surface area contributed by atoms with Gasteiger partial charge >= 0.3 is 0 Å². The molecule has 1 fully saturated rings. The van der Waals surface area contributed by atoms with Crippen LogP contribution in [-0.4, -0.2) is 44.1 Å². The van der Waals surface area contributed by atoms with Gasteiger partial charge in [-0.2, -0.15) is 17.4 Å². The molecule has 0 aromatic rings. The Labute approximate surface area is 117 Å². The molecule has 0 aromatic carbocycles. The van der Waals surface area contributed by atoms with Crippen LogP contribution in [0.4, 0.5) is 0 Å². The summed E-state index contributed by atoms with van der Waals surface area (Å²) in [5.41, 5.74) is 0. The van der Waals surface area contributed by atoms with Crippen LogP contribution in [0.25, 0.3) is 0 Å². The van der Waals surface area contributed by atoms with Gasteiger partial charge in [0.2, 0.25) is 0 Å². The first-order chi connectivity index (χ1) is 8.70. The molecule has 0 spiro atoms. The van der Waals surface area contributed by atoms with Crippen LogP contribution in [0, 0.1) is 5.92 Å². The quantitative estimate of drug-likeness (QED) is 0.811. The fraction of sp³-hybridized carbons (Fsp3) is 1.00. The third-order valence-electron chi connectivity index (χ3n) is 3.25. The fourth-order valence-corrected chi connectivity index (χ4v) is 3.89. The summed E-state index contributed by atoms with van der Waals surface area (Å²) >= 11 is 0. The fourth-order valence-electron chi connectivity index (χ4n) is 2.30. The average Bonchev–Trinajstić information content (AvgIpc) is 2.24. The average molecular weight is 292 g/mol. The van der Waals surface area contributed by atoms with Crippen molar-refractivity contribution in [1.82, 2.24) is 9.03 Å². The third-order valence-corrected chi connectivity index (χ3v) is 4.93. The van der Waals surface area contributed by atoms with Crippen LogP contribution in [0.3, 0.4) is 0 Å². The molecule has 114 valence electrons. The molecule has 6 heteroatoms. The molecule has 3 atom stereocenters. The normalized spacial score (nSPS) is 27.7. The Balaban J connectivity index is 2.55. The Bertz CT molecular complexity index is 360. The smallest absolute Gasteiger partial charge is 0.279 e. The molecule has 1 aliphatic heterocycles. The molecule has 0 amide bonds. The molecule has 3 unspecified atom stereocenters. The molecule has 1 N–H and O–H groups in total. The Hall–Kier alpha value is -0.170. The molecule has 0 aromatic heterocycles. The summed E-state index contributed by atoms with van der Waals surface area (Å²) in [7, 11) is -3.39. The molecular weight excluding hydrogens is 264 g/mol. The lowest BCUT2D eigenvalue weighted by molar-refractivity contribution is -0.0444. The lowest BCUT2D eigenvalue weighted by Gasteiger charge is -2.35. The first-order valence-corrected chi connectivity index (χ1v) is 8.57. The van der Waals surface area contributed by atoms with E-state index in [1.165, 1.54) is 4.31 Å². The Morgan fingerprint density at radius 1 is 1.16 bits per heavy atom. The predicted molar refractivity (Wildman–Crippen MR) is 77.2 cm³/mol. The number of nitrogens with one attached hydrogen (secondary N) is 1. The number of morpholine rings is 1. The molecule has 1 aliphatic rings. The Kier molecular flexibility index (Phi) is 6.23. The molecule has 19 heavy (non-hydrogen) atoms. The maximum absolute atomic E-state index is 12.3. The van der Waals surface area contributed by atoms with E-state index in [0.717, 1.165) is 12.8 Å². The van der Waals surface area contributed by atoms with Gasteiger partial charge < -0.3 is 4.74 Å². The van der Waals surface area contributed by atoms with E-state index < -0.39 is 10.2 Å². The van der Waals surface area contributed by atoms with Crippen LogP contribution in [0.15, 0.2) is 0 Å². The van der Waals surface area contributed by atoms with Crippen LogP contribution < -0.4 is 4.72 Å². The molecule has 0 bridgehead atoms. The summed E-state index contributed by atoms with van der Waals surface area (Å²) in [5, 5.41) is 0. The van der Waals surface area contributed by atoms with Gasteiger partial charge in [0, 0.05) is 19.1 Å². The zero-order valence-corrected chi connectivity index (χ0v) is 13.5. The second-order valence-corrected chi connectivity index (χ2v) is 7.77. The highest BCUT2D eigenvalue weighted by Crippen LogP contribution is 2.15. The van der Waals surface area contributed by atoms with E-state index >= 15 is 0 Å². The summed E-state index contributed by atoms with van der Waals surface area (Å²) in [6, 6.07) is -0.0270. The summed E-state index contributed by atoms with van der Waals surface area (Å²) in [5.74, 6) is 0.593. The maximum atomic E-state index is 12.3. The summed E-state index contributed by atoms with van der Waals surface area (Å²) in [4.78, 5) is 0. The van der Waals surface area contributed by atoms with Crippen LogP contribution in [-0.2, 0) is 14.9 Å². The van der Waals surface area contributed by atoms with E-state index in [1.807, 2.05) is 20.8 Å². The predicted octanol–water partition coefficient (Wildman–Crippen LogP) is 1.75. The Morgan fingerprint density at radius 2 is 1.68 bits per heavy atom. The van der Waals surface area contributed by atoms with Crippen LogP contribution >= 0.6 is 0 Å². The lowest BCUT2D eigenvalue weighted by Crippen LogP contribution is -2.53. The van der Waals surface area contributed by atoms with Gasteiger partial charge in [-0.25, -0.2) is 0 Å². The standard InChI is InChI=1S/C13H28N2O3S/c1-10(2)6-7-11(3)14-19(16,17)15-8-12(4)18-13(5)9-15/h10-14H,6-9H2,1-5H3. The SMILES string of the molecule is CC(C)CCC(C)NS(=O)(=O)N1CC(C)OC(C)C1. The van der Waals surface area contributed by atoms with Gasteiger partial charge in [-0.3, -0.25) is 0 Å². The number of rotatable bonds is 6. The van der Waals surface area contributed by atoms with Gasteiger partial charge in [0.05, 0.1) is 12.2 Å². The van der Waals surface area contributed by atoms with Gasteiger partial charge in [0.1, 0.15) is 0 Å². The van der Waals surface area contributed by atoms with Gasteiger partial charge in [0.25, 0.3) is 10.2 Å². The highest BCUT2D eigenvalue weighted by Gasteiger charge is 2.31. The van der Waals surface area contributed by atoms with Gasteiger partial charge in [-0.15, -0.1) is 0 Å². The second-order valence-electron chi connectivity index (χ2n) is 6.07. The molecule has 0 radical (unpaired) electrons. The molecule has 0 saturated carbocycles. The number of ether oxygens (including phenoxy) is 1. The Morgan fingerprint density at radius 3 is 2.16 bits per heavy atom. The van der Waals surface area contributed by atoms with Gasteiger partial charge in [0.15, 0.2) is 0 Å². The molecule has 1 saturated heterocycles. The first kappa shape index (κ1) is 16.9. The second kappa shape index (κ2) is 7.02. The van der Waals surface area contributed by atoms with Crippen molar-refractivity contribution in [2.24, 2.45) is 5.92 Å². The molecule has 5 nitrogen and oxygen atoms in total. The monoisotopic (exact) mass is 292 g/mol. The third kappa shape index (κ3) is 5.77. The van der Waals surface area contributed by atoms with Crippen LogP contribution in [0.2, 0.25) is 0 Å². The summed E-state index contributed by atoms with van der Waals surface area (Å²) in [6.07, 6.45) is 1.80. The number of nitrogens with zero attached hydrogens (tertiary/aromatic N) is 1. The highest BCUT2D eigenvalue weighted by molar-refractivity contribution is 7.87.